The van der Waals surface area contributed by atoms with E-state index in [4.69, 9.17) is 0 Å². The zero-order valence-corrected chi connectivity index (χ0v) is 6.31. The fraction of sp³-hybridized carbons (Fsp3) is 0.857. The largest absolute Gasteiger partial charge is 0.355 e. The van der Waals surface area contributed by atoms with Crippen LogP contribution in [0.25, 0.3) is 0 Å². The molecule has 0 aromatic rings. The highest BCUT2D eigenvalue weighted by Crippen LogP contribution is 1.94. The van der Waals surface area contributed by atoms with E-state index in [1.54, 1.807) is 0 Å². The van der Waals surface area contributed by atoms with Crippen molar-refractivity contribution < 1.29 is 4.79 Å². The van der Waals surface area contributed by atoms with Crippen molar-refractivity contribution in [3.8, 4) is 0 Å². The van der Waals surface area contributed by atoms with Crippen molar-refractivity contribution in [3.63, 3.8) is 0 Å². The molecule has 10 heavy (non-hydrogen) atoms. The van der Waals surface area contributed by atoms with E-state index < -0.39 is 0 Å². The molecule has 1 heterocycles. The molecular formula is C7H14N2O. The average molecular weight is 142 g/mol. The van der Waals surface area contributed by atoms with Gasteiger partial charge in [-0.2, -0.15) is 0 Å². The summed E-state index contributed by atoms with van der Waals surface area (Å²) in [5.74, 6) is 0.153. The van der Waals surface area contributed by atoms with Crippen molar-refractivity contribution in [1.82, 2.24) is 10.6 Å². The number of carbonyl (C=O) groups excluding carboxylic acids is 1. The molecule has 1 unspecified atom stereocenters. The molecular weight excluding hydrogens is 128 g/mol. The van der Waals surface area contributed by atoms with Gasteiger partial charge in [0, 0.05) is 6.54 Å². The Morgan fingerprint density at radius 1 is 1.60 bits per heavy atom. The molecule has 1 aliphatic heterocycles. The molecule has 58 valence electrons. The van der Waals surface area contributed by atoms with Crippen molar-refractivity contribution in [3.05, 3.63) is 0 Å². The van der Waals surface area contributed by atoms with Crippen molar-refractivity contribution in [2.45, 2.75) is 25.8 Å². The summed E-state index contributed by atoms with van der Waals surface area (Å²) in [4.78, 5) is 11.1. The molecule has 1 fully saturated rings. The van der Waals surface area contributed by atoms with Crippen LogP contribution in [0.1, 0.15) is 19.8 Å². The van der Waals surface area contributed by atoms with Gasteiger partial charge in [-0.05, 0) is 19.4 Å². The highest BCUT2D eigenvalue weighted by molar-refractivity contribution is 5.81. The molecule has 0 aliphatic carbocycles. The summed E-state index contributed by atoms with van der Waals surface area (Å²) in [6.45, 7) is 3.79. The van der Waals surface area contributed by atoms with Crippen molar-refractivity contribution >= 4 is 5.91 Å². The molecule has 0 bridgehead atoms. The zero-order valence-electron chi connectivity index (χ0n) is 6.31. The van der Waals surface area contributed by atoms with Gasteiger partial charge in [-0.3, -0.25) is 4.79 Å². The average Bonchev–Trinajstić information content (AvgIpc) is 2.13. The first-order valence-electron chi connectivity index (χ1n) is 3.85. The maximum Gasteiger partial charge on any atom is 0.237 e. The Labute approximate surface area is 61.2 Å². The number of carbonyl (C=O) groups is 1. The fourth-order valence-electron chi connectivity index (χ4n) is 1.12. The van der Waals surface area contributed by atoms with E-state index in [0.29, 0.717) is 0 Å². The number of rotatable bonds is 1. The first-order valence-corrected chi connectivity index (χ1v) is 3.85. The molecule has 0 saturated carbocycles. The van der Waals surface area contributed by atoms with Crippen LogP contribution in [0.2, 0.25) is 0 Å². The van der Waals surface area contributed by atoms with Crippen LogP contribution in [-0.2, 0) is 4.79 Å². The van der Waals surface area contributed by atoms with Gasteiger partial charge < -0.3 is 10.6 Å². The van der Waals surface area contributed by atoms with Crippen molar-refractivity contribution in [2.24, 2.45) is 0 Å². The lowest BCUT2D eigenvalue weighted by Crippen LogP contribution is -2.40. The van der Waals surface area contributed by atoms with Crippen LogP contribution in [0.4, 0.5) is 0 Å². The van der Waals surface area contributed by atoms with Crippen LogP contribution >= 0.6 is 0 Å². The maximum absolute atomic E-state index is 11.1. The molecule has 3 heteroatoms. The third-order valence-electron chi connectivity index (χ3n) is 1.77. The molecule has 3 nitrogen and oxygen atoms in total. The van der Waals surface area contributed by atoms with Crippen LogP contribution < -0.4 is 10.6 Å². The minimum absolute atomic E-state index is 0.0440. The van der Waals surface area contributed by atoms with Crippen LogP contribution in [0, 0.1) is 0 Å². The van der Waals surface area contributed by atoms with E-state index in [1.165, 1.54) is 0 Å². The lowest BCUT2D eigenvalue weighted by atomic mass is 10.2. The Hall–Kier alpha value is -0.570. The standard InChI is InChI=1S/C7H14N2O/c1-2-6-7(10)9-5-3-4-8-6/h6,8H,2-5H2,1H3,(H,9,10). The Morgan fingerprint density at radius 2 is 2.40 bits per heavy atom. The van der Waals surface area contributed by atoms with Gasteiger partial charge in [0.15, 0.2) is 0 Å². The van der Waals surface area contributed by atoms with Gasteiger partial charge >= 0.3 is 0 Å². The second-order valence-corrected chi connectivity index (χ2v) is 2.56. The molecule has 0 aromatic carbocycles. The maximum atomic E-state index is 11.1. The van der Waals surface area contributed by atoms with Gasteiger partial charge in [0.1, 0.15) is 0 Å². The van der Waals surface area contributed by atoms with Gasteiger partial charge in [0.05, 0.1) is 6.04 Å². The van der Waals surface area contributed by atoms with Gasteiger partial charge in [-0.1, -0.05) is 6.92 Å². The number of nitrogens with one attached hydrogen (secondary N) is 2. The molecule has 2 N–H and O–H groups in total. The molecule has 0 aromatic heterocycles. The number of hydrogen-bond donors (Lipinski definition) is 2. The van der Waals surface area contributed by atoms with E-state index >= 15 is 0 Å². The first kappa shape index (κ1) is 7.54. The van der Waals surface area contributed by atoms with Gasteiger partial charge in [-0.25, -0.2) is 0 Å². The fourth-order valence-corrected chi connectivity index (χ4v) is 1.12. The number of amides is 1. The second-order valence-electron chi connectivity index (χ2n) is 2.56. The molecule has 1 rings (SSSR count). The van der Waals surface area contributed by atoms with Crippen molar-refractivity contribution in [2.75, 3.05) is 13.1 Å². The first-order chi connectivity index (χ1) is 4.84. The summed E-state index contributed by atoms with van der Waals surface area (Å²) in [5.41, 5.74) is 0. The normalized spacial score (nSPS) is 27.3. The summed E-state index contributed by atoms with van der Waals surface area (Å²) in [7, 11) is 0. The highest BCUT2D eigenvalue weighted by atomic mass is 16.2. The van der Waals surface area contributed by atoms with E-state index in [2.05, 4.69) is 10.6 Å². The summed E-state index contributed by atoms with van der Waals surface area (Å²) in [5, 5.41) is 6.01. The Bertz CT molecular complexity index is 125. The predicted molar refractivity (Wildman–Crippen MR) is 39.7 cm³/mol. The summed E-state index contributed by atoms with van der Waals surface area (Å²) < 4.78 is 0. The lowest BCUT2D eigenvalue weighted by Gasteiger charge is -2.10. The third-order valence-corrected chi connectivity index (χ3v) is 1.77. The van der Waals surface area contributed by atoms with Crippen LogP contribution in [0.5, 0.6) is 0 Å². The van der Waals surface area contributed by atoms with Crippen LogP contribution in [-0.4, -0.2) is 25.0 Å². The Morgan fingerprint density at radius 3 is 3.10 bits per heavy atom. The summed E-state index contributed by atoms with van der Waals surface area (Å²) >= 11 is 0. The number of hydrogen-bond acceptors (Lipinski definition) is 2. The van der Waals surface area contributed by atoms with Gasteiger partial charge in [0.25, 0.3) is 0 Å². The molecule has 1 aliphatic rings. The zero-order chi connectivity index (χ0) is 7.40. The monoisotopic (exact) mass is 142 g/mol. The minimum atomic E-state index is 0.0440. The lowest BCUT2D eigenvalue weighted by molar-refractivity contribution is -0.122. The van der Waals surface area contributed by atoms with Crippen molar-refractivity contribution in [1.29, 1.82) is 0 Å². The molecule has 1 saturated heterocycles. The predicted octanol–water partition coefficient (Wildman–Crippen LogP) is -0.126. The summed E-state index contributed by atoms with van der Waals surface area (Å²) in [6, 6.07) is 0.0440. The molecule has 1 atom stereocenters. The minimum Gasteiger partial charge on any atom is -0.355 e. The third kappa shape index (κ3) is 1.70. The molecule has 0 radical (unpaired) electrons. The van der Waals surface area contributed by atoms with Crippen LogP contribution in [0.3, 0.4) is 0 Å². The second kappa shape index (κ2) is 3.56. The summed E-state index contributed by atoms with van der Waals surface area (Å²) in [6.07, 6.45) is 1.92. The quantitative estimate of drug-likeness (QED) is 0.535. The Kier molecular flexibility index (Phi) is 2.68. The highest BCUT2D eigenvalue weighted by Gasteiger charge is 2.16. The SMILES string of the molecule is CCC1NCCCNC1=O. The van der Waals surface area contributed by atoms with E-state index in [0.717, 1.165) is 25.9 Å². The molecule has 0 spiro atoms. The van der Waals surface area contributed by atoms with E-state index in [1.807, 2.05) is 6.92 Å². The Balaban J connectivity index is 2.43. The smallest absolute Gasteiger partial charge is 0.237 e. The van der Waals surface area contributed by atoms with Gasteiger partial charge in [0.2, 0.25) is 5.91 Å². The topological polar surface area (TPSA) is 41.1 Å². The molecule has 1 amide bonds. The van der Waals surface area contributed by atoms with E-state index in [9.17, 15) is 4.79 Å². The van der Waals surface area contributed by atoms with Gasteiger partial charge in [-0.15, -0.1) is 0 Å². The van der Waals surface area contributed by atoms with Crippen LogP contribution in [0.15, 0.2) is 0 Å². The van der Waals surface area contributed by atoms with E-state index in [-0.39, 0.29) is 11.9 Å².